The summed E-state index contributed by atoms with van der Waals surface area (Å²) in [6.45, 7) is 1.73. The van der Waals surface area contributed by atoms with E-state index in [0.717, 1.165) is 10.1 Å². The van der Waals surface area contributed by atoms with Gasteiger partial charge in [0.15, 0.2) is 11.2 Å². The first-order chi connectivity index (χ1) is 12.7. The summed E-state index contributed by atoms with van der Waals surface area (Å²) in [6, 6.07) is 5.67. The average molecular weight is 373 g/mol. The van der Waals surface area contributed by atoms with E-state index in [4.69, 9.17) is 0 Å². The summed E-state index contributed by atoms with van der Waals surface area (Å²) in [5.74, 6) is -0.590. The van der Waals surface area contributed by atoms with Crippen LogP contribution in [0.5, 0.6) is 0 Å². The molecule has 142 valence electrons. The van der Waals surface area contributed by atoms with Crippen molar-refractivity contribution >= 4 is 17.1 Å². The molecule has 0 fully saturated rings. The van der Waals surface area contributed by atoms with E-state index in [0.29, 0.717) is 0 Å². The molecule has 1 amide bonds. The Kier molecular flexibility index (Phi) is 4.69. The van der Waals surface area contributed by atoms with E-state index in [1.54, 1.807) is 19.2 Å². The number of aryl methyl sites for hydroxylation is 1. The van der Waals surface area contributed by atoms with E-state index in [1.165, 1.54) is 46.6 Å². The van der Waals surface area contributed by atoms with Crippen molar-refractivity contribution in [1.82, 2.24) is 23.6 Å². The van der Waals surface area contributed by atoms with E-state index in [9.17, 15) is 18.8 Å². The molecule has 9 heteroatoms. The van der Waals surface area contributed by atoms with Gasteiger partial charge in [-0.3, -0.25) is 18.7 Å². The lowest BCUT2D eigenvalue weighted by Crippen LogP contribution is -2.38. The van der Waals surface area contributed by atoms with Crippen LogP contribution in [0, 0.1) is 5.82 Å². The van der Waals surface area contributed by atoms with Gasteiger partial charge in [0.2, 0.25) is 5.91 Å². The van der Waals surface area contributed by atoms with Crippen LogP contribution in [0.25, 0.3) is 11.2 Å². The minimum atomic E-state index is -0.507. The van der Waals surface area contributed by atoms with Crippen molar-refractivity contribution in [2.45, 2.75) is 19.5 Å². The van der Waals surface area contributed by atoms with Crippen molar-refractivity contribution < 1.29 is 9.18 Å². The lowest BCUT2D eigenvalue weighted by molar-refractivity contribution is -0.132. The number of carbonyl (C=O) groups is 1. The fourth-order valence-corrected chi connectivity index (χ4v) is 2.95. The maximum atomic E-state index is 13.1. The first kappa shape index (κ1) is 18.6. The summed E-state index contributed by atoms with van der Waals surface area (Å²) in [4.78, 5) is 42.8. The number of amides is 1. The molecule has 0 radical (unpaired) electrons. The second-order valence-corrected chi connectivity index (χ2v) is 6.48. The summed E-state index contributed by atoms with van der Waals surface area (Å²) in [5, 5.41) is 0. The monoisotopic (exact) mass is 373 g/mol. The maximum Gasteiger partial charge on any atom is 0.332 e. The van der Waals surface area contributed by atoms with Crippen LogP contribution >= 0.6 is 0 Å². The van der Waals surface area contributed by atoms with Crippen LogP contribution in [-0.4, -0.2) is 36.5 Å². The topological polar surface area (TPSA) is 82.1 Å². The van der Waals surface area contributed by atoms with Crippen LogP contribution < -0.4 is 11.2 Å². The largest absolute Gasteiger partial charge is 0.337 e. The smallest absolute Gasteiger partial charge is 0.332 e. The molecule has 3 rings (SSSR count). The molecule has 0 saturated heterocycles. The number of hydrogen-bond acceptors (Lipinski definition) is 4. The van der Waals surface area contributed by atoms with Gasteiger partial charge in [0.05, 0.1) is 12.4 Å². The standard InChI is InChI=1S/C18H20FN5O3/c1-11(12-5-7-13(19)8-6-12)21(2)14(25)9-24-10-20-16-15(24)17(26)23(4)18(27)22(16)3/h5-8,10-11H,9H2,1-4H3. The van der Waals surface area contributed by atoms with Crippen LogP contribution in [0.1, 0.15) is 18.5 Å². The Hall–Kier alpha value is -3.23. The second kappa shape index (κ2) is 6.82. The molecule has 0 spiro atoms. The summed E-state index contributed by atoms with van der Waals surface area (Å²) in [6.07, 6.45) is 1.37. The molecule has 0 aliphatic heterocycles. The zero-order chi connectivity index (χ0) is 19.9. The fraction of sp³-hybridized carbons (Fsp3) is 0.333. The van der Waals surface area contributed by atoms with Gasteiger partial charge in [0, 0.05) is 21.1 Å². The molecule has 0 saturated carbocycles. The molecule has 0 aliphatic rings. The van der Waals surface area contributed by atoms with Crippen molar-refractivity contribution in [2.24, 2.45) is 14.1 Å². The van der Waals surface area contributed by atoms with Gasteiger partial charge in [-0.15, -0.1) is 0 Å². The average Bonchev–Trinajstić information content (AvgIpc) is 3.07. The highest BCUT2D eigenvalue weighted by atomic mass is 19.1. The molecule has 2 aromatic heterocycles. The molecular weight excluding hydrogens is 353 g/mol. The van der Waals surface area contributed by atoms with Crippen molar-refractivity contribution in [3.05, 3.63) is 62.8 Å². The van der Waals surface area contributed by atoms with Gasteiger partial charge < -0.3 is 9.47 Å². The highest BCUT2D eigenvalue weighted by Crippen LogP contribution is 2.19. The van der Waals surface area contributed by atoms with Crippen molar-refractivity contribution in [1.29, 1.82) is 0 Å². The number of carbonyl (C=O) groups excluding carboxylic acids is 1. The van der Waals surface area contributed by atoms with Crippen LogP contribution in [0.4, 0.5) is 4.39 Å². The molecule has 3 aromatic rings. The van der Waals surface area contributed by atoms with Gasteiger partial charge in [-0.2, -0.15) is 0 Å². The Balaban J connectivity index is 1.91. The molecule has 1 atom stereocenters. The van der Waals surface area contributed by atoms with Gasteiger partial charge in [0.1, 0.15) is 12.4 Å². The first-order valence-corrected chi connectivity index (χ1v) is 8.34. The van der Waals surface area contributed by atoms with Gasteiger partial charge in [-0.1, -0.05) is 12.1 Å². The number of fused-ring (bicyclic) bond motifs is 1. The van der Waals surface area contributed by atoms with Crippen molar-refractivity contribution in [3.8, 4) is 0 Å². The number of aromatic nitrogens is 4. The Bertz CT molecular complexity index is 1130. The SMILES string of the molecule is CC(c1ccc(F)cc1)N(C)C(=O)Cn1cnc2c1c(=O)n(C)c(=O)n2C. The number of hydrogen-bond donors (Lipinski definition) is 0. The Morgan fingerprint density at radius 1 is 1.19 bits per heavy atom. The molecule has 1 aromatic carbocycles. The van der Waals surface area contributed by atoms with E-state index in [2.05, 4.69) is 4.98 Å². The molecule has 8 nitrogen and oxygen atoms in total. The van der Waals surface area contributed by atoms with Gasteiger partial charge in [-0.25, -0.2) is 14.2 Å². The lowest BCUT2D eigenvalue weighted by Gasteiger charge is -2.25. The second-order valence-electron chi connectivity index (χ2n) is 6.48. The highest BCUT2D eigenvalue weighted by Gasteiger charge is 2.21. The third-order valence-electron chi connectivity index (χ3n) is 4.85. The number of benzene rings is 1. The Labute approximate surface area is 154 Å². The number of nitrogens with zero attached hydrogens (tertiary/aromatic N) is 5. The van der Waals surface area contributed by atoms with Crippen LogP contribution in [0.15, 0.2) is 40.2 Å². The summed E-state index contributed by atoms with van der Waals surface area (Å²) in [5.41, 5.74) is 0.223. The predicted octanol–water partition coefficient (Wildman–Crippen LogP) is 0.792. The lowest BCUT2D eigenvalue weighted by atomic mass is 10.1. The van der Waals surface area contributed by atoms with E-state index in [-0.39, 0.29) is 35.5 Å². The predicted molar refractivity (Wildman–Crippen MR) is 97.8 cm³/mol. The normalized spacial score (nSPS) is 12.3. The third kappa shape index (κ3) is 3.16. The number of rotatable bonds is 4. The minimum Gasteiger partial charge on any atom is -0.337 e. The molecule has 2 heterocycles. The maximum absolute atomic E-state index is 13.1. The van der Waals surface area contributed by atoms with Gasteiger partial charge in [0.25, 0.3) is 5.56 Å². The van der Waals surface area contributed by atoms with E-state index >= 15 is 0 Å². The van der Waals surface area contributed by atoms with Crippen LogP contribution in [-0.2, 0) is 25.4 Å². The Morgan fingerprint density at radius 3 is 2.44 bits per heavy atom. The first-order valence-electron chi connectivity index (χ1n) is 8.34. The molecule has 0 N–H and O–H groups in total. The molecule has 0 aliphatic carbocycles. The Morgan fingerprint density at radius 2 is 1.81 bits per heavy atom. The molecule has 1 unspecified atom stereocenters. The van der Waals surface area contributed by atoms with Crippen molar-refractivity contribution in [3.63, 3.8) is 0 Å². The molecule has 27 heavy (non-hydrogen) atoms. The minimum absolute atomic E-state index is 0.105. The molecular formula is C18H20FN5O3. The fourth-order valence-electron chi connectivity index (χ4n) is 2.95. The summed E-state index contributed by atoms with van der Waals surface area (Å²) < 4.78 is 16.8. The third-order valence-corrected chi connectivity index (χ3v) is 4.85. The molecule has 0 bridgehead atoms. The van der Waals surface area contributed by atoms with Crippen molar-refractivity contribution in [2.75, 3.05) is 7.05 Å². The van der Waals surface area contributed by atoms with E-state index < -0.39 is 11.2 Å². The van der Waals surface area contributed by atoms with Crippen LogP contribution in [0.3, 0.4) is 0 Å². The summed E-state index contributed by atoms with van der Waals surface area (Å²) >= 11 is 0. The zero-order valence-electron chi connectivity index (χ0n) is 15.5. The van der Waals surface area contributed by atoms with E-state index in [1.807, 2.05) is 6.92 Å². The number of imidazole rings is 1. The highest BCUT2D eigenvalue weighted by molar-refractivity contribution is 5.79. The zero-order valence-corrected chi connectivity index (χ0v) is 15.5. The van der Waals surface area contributed by atoms with Gasteiger partial charge >= 0.3 is 5.69 Å². The number of halogens is 1. The van der Waals surface area contributed by atoms with Gasteiger partial charge in [-0.05, 0) is 24.6 Å². The summed E-state index contributed by atoms with van der Waals surface area (Å²) in [7, 11) is 4.54. The quantitative estimate of drug-likeness (QED) is 0.677. The number of likely N-dealkylation sites (N-methyl/N-ethyl adjacent to an activating group) is 1. The van der Waals surface area contributed by atoms with Crippen LogP contribution in [0.2, 0.25) is 0 Å².